The summed E-state index contributed by atoms with van der Waals surface area (Å²) in [6.07, 6.45) is 10.1. The summed E-state index contributed by atoms with van der Waals surface area (Å²) in [7, 11) is 1.46. The zero-order valence-corrected chi connectivity index (χ0v) is 17.6. The second kappa shape index (κ2) is 6.05. The predicted molar refractivity (Wildman–Crippen MR) is 106 cm³/mol. The standard InChI is InChI=1S/C24H30O5/c1-22-8-4-15(25)12-14(22)13-16(21(27)28-3)20-17(22)5-9-23(2)18(20)6-10-24(23)11-7-19(26)29-24/h5,12,16,18,20H,4,6-11,13H2,1-3H3/t16-,18?,20-,22+,23+,24?/m1/s1. The van der Waals surface area contributed by atoms with Crippen molar-refractivity contribution >= 4 is 17.7 Å². The minimum absolute atomic E-state index is 0.0854. The van der Waals surface area contributed by atoms with Crippen LogP contribution in [0.4, 0.5) is 0 Å². The maximum atomic E-state index is 12.9. The minimum Gasteiger partial charge on any atom is -0.469 e. The highest BCUT2D eigenvalue weighted by molar-refractivity contribution is 5.92. The van der Waals surface area contributed by atoms with E-state index in [4.69, 9.17) is 9.47 Å². The van der Waals surface area contributed by atoms with Crippen LogP contribution in [-0.4, -0.2) is 30.4 Å². The summed E-state index contributed by atoms with van der Waals surface area (Å²) in [5, 5.41) is 0. The number of esters is 2. The van der Waals surface area contributed by atoms with Gasteiger partial charge in [-0.15, -0.1) is 0 Å². The van der Waals surface area contributed by atoms with Crippen molar-refractivity contribution in [2.45, 2.75) is 70.8 Å². The first kappa shape index (κ1) is 19.1. The van der Waals surface area contributed by atoms with Gasteiger partial charge in [-0.05, 0) is 56.4 Å². The lowest BCUT2D eigenvalue weighted by Gasteiger charge is -2.56. The monoisotopic (exact) mass is 398 g/mol. The van der Waals surface area contributed by atoms with Crippen LogP contribution in [0, 0.1) is 28.6 Å². The average molecular weight is 398 g/mol. The molecule has 0 bridgehead atoms. The first-order valence-electron chi connectivity index (χ1n) is 11.0. The molecule has 5 heteroatoms. The lowest BCUT2D eigenvalue weighted by atomic mass is 9.48. The van der Waals surface area contributed by atoms with Gasteiger partial charge in [0.05, 0.1) is 13.0 Å². The molecule has 5 aliphatic rings. The fourth-order valence-electron chi connectivity index (χ4n) is 7.53. The van der Waals surface area contributed by atoms with Gasteiger partial charge < -0.3 is 9.47 Å². The van der Waals surface area contributed by atoms with Crippen LogP contribution in [-0.2, 0) is 23.9 Å². The molecule has 0 aromatic heterocycles. The number of ketones is 1. The van der Waals surface area contributed by atoms with Crippen LogP contribution < -0.4 is 0 Å². The molecule has 6 atom stereocenters. The quantitative estimate of drug-likeness (QED) is 0.495. The lowest BCUT2D eigenvalue weighted by Crippen LogP contribution is -2.53. The first-order chi connectivity index (χ1) is 13.7. The van der Waals surface area contributed by atoms with Crippen LogP contribution in [0.15, 0.2) is 23.3 Å². The Labute approximate surface area is 171 Å². The maximum Gasteiger partial charge on any atom is 0.309 e. The molecule has 29 heavy (non-hydrogen) atoms. The fourth-order valence-corrected chi connectivity index (χ4v) is 7.53. The zero-order valence-electron chi connectivity index (χ0n) is 17.6. The number of allylic oxidation sites excluding steroid dienone is 4. The Hall–Kier alpha value is -1.91. The second-order valence-electron chi connectivity index (χ2n) is 10.2. The Morgan fingerprint density at radius 3 is 2.66 bits per heavy atom. The molecule has 0 aromatic rings. The van der Waals surface area contributed by atoms with Gasteiger partial charge in [-0.2, -0.15) is 0 Å². The fraction of sp³-hybridized carbons (Fsp3) is 0.708. The molecule has 3 fully saturated rings. The highest BCUT2D eigenvalue weighted by Crippen LogP contribution is 2.69. The van der Waals surface area contributed by atoms with E-state index in [9.17, 15) is 14.4 Å². The number of ether oxygens (including phenoxy) is 2. The zero-order chi connectivity index (χ0) is 20.6. The topological polar surface area (TPSA) is 69.7 Å². The third-order valence-corrected chi connectivity index (χ3v) is 9.23. The molecule has 2 unspecified atom stereocenters. The normalized spacial score (nSPS) is 45.7. The number of methoxy groups -OCH3 is 1. The Morgan fingerprint density at radius 2 is 1.97 bits per heavy atom. The first-order valence-corrected chi connectivity index (χ1v) is 11.0. The van der Waals surface area contributed by atoms with E-state index in [0.717, 1.165) is 37.7 Å². The Morgan fingerprint density at radius 1 is 1.17 bits per heavy atom. The van der Waals surface area contributed by atoms with Gasteiger partial charge in [0.2, 0.25) is 0 Å². The van der Waals surface area contributed by atoms with Gasteiger partial charge in [-0.1, -0.05) is 31.1 Å². The molecule has 0 N–H and O–H groups in total. The van der Waals surface area contributed by atoms with E-state index < -0.39 is 5.60 Å². The number of hydrogen-bond donors (Lipinski definition) is 0. The second-order valence-corrected chi connectivity index (χ2v) is 10.2. The number of carbonyl (C=O) groups excluding carboxylic acids is 3. The van der Waals surface area contributed by atoms with Gasteiger partial charge in [-0.3, -0.25) is 14.4 Å². The molecular weight excluding hydrogens is 368 g/mol. The Balaban J connectivity index is 1.63. The molecule has 4 aliphatic carbocycles. The summed E-state index contributed by atoms with van der Waals surface area (Å²) in [6.45, 7) is 4.52. The molecule has 1 saturated heterocycles. The molecule has 0 amide bonds. The SMILES string of the molecule is COC(=O)[C@@H]1CC2=CC(=O)CC[C@]2(C)C2=CC[C@@]3(C)C(CCC34CCC(=O)O4)[C@@H]21. The van der Waals surface area contributed by atoms with Crippen molar-refractivity contribution in [1.82, 2.24) is 0 Å². The summed E-state index contributed by atoms with van der Waals surface area (Å²) in [5.74, 6) is 0.00356. The van der Waals surface area contributed by atoms with Gasteiger partial charge in [0.1, 0.15) is 5.60 Å². The van der Waals surface area contributed by atoms with E-state index in [-0.39, 0.29) is 46.3 Å². The van der Waals surface area contributed by atoms with Crippen molar-refractivity contribution < 1.29 is 23.9 Å². The van der Waals surface area contributed by atoms with Crippen molar-refractivity contribution in [1.29, 1.82) is 0 Å². The van der Waals surface area contributed by atoms with E-state index in [1.807, 2.05) is 0 Å². The van der Waals surface area contributed by atoms with E-state index in [2.05, 4.69) is 19.9 Å². The largest absolute Gasteiger partial charge is 0.469 e. The summed E-state index contributed by atoms with van der Waals surface area (Å²) < 4.78 is 11.2. The molecule has 5 nitrogen and oxygen atoms in total. The number of fused-ring (bicyclic) bond motifs is 6. The molecule has 1 aliphatic heterocycles. The number of carbonyl (C=O) groups is 3. The van der Waals surface area contributed by atoms with Crippen molar-refractivity contribution in [3.63, 3.8) is 0 Å². The highest BCUT2D eigenvalue weighted by Gasteiger charge is 2.67. The minimum atomic E-state index is -0.392. The van der Waals surface area contributed by atoms with Crippen LogP contribution in [0.5, 0.6) is 0 Å². The smallest absolute Gasteiger partial charge is 0.309 e. The van der Waals surface area contributed by atoms with Gasteiger partial charge >= 0.3 is 11.9 Å². The number of rotatable bonds is 1. The van der Waals surface area contributed by atoms with Crippen molar-refractivity contribution in [3.8, 4) is 0 Å². The highest BCUT2D eigenvalue weighted by atomic mass is 16.6. The van der Waals surface area contributed by atoms with Gasteiger partial charge in [0.15, 0.2) is 5.78 Å². The van der Waals surface area contributed by atoms with Crippen LogP contribution in [0.1, 0.15) is 65.2 Å². The third kappa shape index (κ3) is 2.36. The number of hydrogen-bond acceptors (Lipinski definition) is 5. The molecule has 156 valence electrons. The maximum absolute atomic E-state index is 12.9. The van der Waals surface area contributed by atoms with E-state index in [1.165, 1.54) is 12.7 Å². The lowest BCUT2D eigenvalue weighted by molar-refractivity contribution is -0.163. The molecular formula is C24H30O5. The molecule has 2 saturated carbocycles. The van der Waals surface area contributed by atoms with Crippen LogP contribution in [0.3, 0.4) is 0 Å². The summed E-state index contributed by atoms with van der Waals surface area (Å²) in [4.78, 5) is 37.1. The van der Waals surface area contributed by atoms with Gasteiger partial charge in [-0.25, -0.2) is 0 Å². The average Bonchev–Trinajstić information content (AvgIpc) is 3.22. The Bertz CT molecular complexity index is 868. The van der Waals surface area contributed by atoms with Crippen molar-refractivity contribution in [2.24, 2.45) is 28.6 Å². The van der Waals surface area contributed by atoms with E-state index >= 15 is 0 Å². The summed E-state index contributed by atoms with van der Waals surface area (Å²) >= 11 is 0. The van der Waals surface area contributed by atoms with Crippen LogP contribution in [0.25, 0.3) is 0 Å². The van der Waals surface area contributed by atoms with Crippen LogP contribution >= 0.6 is 0 Å². The van der Waals surface area contributed by atoms with E-state index in [1.54, 1.807) is 6.08 Å². The molecule has 0 aromatic carbocycles. The van der Waals surface area contributed by atoms with Gasteiger partial charge in [0.25, 0.3) is 0 Å². The summed E-state index contributed by atoms with van der Waals surface area (Å²) in [5.41, 5.74) is 1.72. The third-order valence-electron chi connectivity index (χ3n) is 9.23. The molecule has 5 rings (SSSR count). The van der Waals surface area contributed by atoms with Crippen molar-refractivity contribution in [3.05, 3.63) is 23.3 Å². The van der Waals surface area contributed by atoms with E-state index in [0.29, 0.717) is 19.3 Å². The Kier molecular flexibility index (Phi) is 3.98. The van der Waals surface area contributed by atoms with Crippen molar-refractivity contribution in [2.75, 3.05) is 7.11 Å². The summed E-state index contributed by atoms with van der Waals surface area (Å²) in [6, 6.07) is 0. The molecule has 1 spiro atoms. The van der Waals surface area contributed by atoms with Crippen LogP contribution in [0.2, 0.25) is 0 Å². The molecule has 0 radical (unpaired) electrons. The van der Waals surface area contributed by atoms with Gasteiger partial charge in [0, 0.05) is 23.7 Å². The molecule has 1 heterocycles. The predicted octanol–water partition coefficient (Wildman–Crippen LogP) is 3.91.